The Morgan fingerprint density at radius 1 is 1.43 bits per heavy atom. The number of alkyl halides is 1. The first-order chi connectivity index (χ1) is 9.94. The summed E-state index contributed by atoms with van der Waals surface area (Å²) >= 11 is 11.9. The summed E-state index contributed by atoms with van der Waals surface area (Å²) in [4.78, 5) is -0.546. The highest BCUT2D eigenvalue weighted by Gasteiger charge is 2.58. The molecule has 1 heterocycles. The van der Waals surface area contributed by atoms with Gasteiger partial charge in [-0.25, -0.2) is 5.43 Å². The zero-order valence-corrected chi connectivity index (χ0v) is 13.6. The average Bonchev–Trinajstić information content (AvgIpc) is 3.09. The van der Waals surface area contributed by atoms with Gasteiger partial charge in [-0.2, -0.15) is 0 Å². The smallest absolute Gasteiger partial charge is 0.184 e. The molecule has 1 aliphatic carbocycles. The lowest BCUT2D eigenvalue weighted by Crippen LogP contribution is -2.55. The third-order valence-corrected chi connectivity index (χ3v) is 5.54. The molecule has 0 amide bonds. The minimum atomic E-state index is -1.01. The van der Waals surface area contributed by atoms with Gasteiger partial charge in [0.1, 0.15) is 5.60 Å². The van der Waals surface area contributed by atoms with Crippen LogP contribution in [0.4, 0.5) is 0 Å². The summed E-state index contributed by atoms with van der Waals surface area (Å²) < 4.78 is 0. The van der Waals surface area contributed by atoms with Gasteiger partial charge in [-0.05, 0) is 43.1 Å². The minimum absolute atomic E-state index is 0.386. The lowest BCUT2D eigenvalue weighted by Gasteiger charge is -2.37. The summed E-state index contributed by atoms with van der Waals surface area (Å²) in [6.45, 7) is 3.04. The molecule has 1 atom stereocenters. The molecule has 1 saturated carbocycles. The number of rotatable bonds is 5. The van der Waals surface area contributed by atoms with E-state index < -0.39 is 10.5 Å². The van der Waals surface area contributed by atoms with Gasteiger partial charge in [0.15, 0.2) is 5.11 Å². The van der Waals surface area contributed by atoms with E-state index in [1.807, 2.05) is 12.1 Å². The van der Waals surface area contributed by atoms with E-state index in [0.717, 1.165) is 18.4 Å². The fourth-order valence-electron chi connectivity index (χ4n) is 2.82. The molecule has 1 saturated heterocycles. The molecule has 3 rings (SSSR count). The van der Waals surface area contributed by atoms with Crippen molar-refractivity contribution < 1.29 is 5.11 Å². The second-order valence-electron chi connectivity index (χ2n) is 6.00. The maximum absolute atomic E-state index is 11.3. The summed E-state index contributed by atoms with van der Waals surface area (Å²) in [5.74, 6) is 0. The van der Waals surface area contributed by atoms with E-state index in [1.54, 1.807) is 5.01 Å². The predicted molar refractivity (Wildman–Crippen MR) is 88.1 cm³/mol. The number of hydrogen-bond donors (Lipinski definition) is 3. The molecular weight excluding hydrogens is 306 g/mol. The molecule has 2 aliphatic rings. The molecular formula is C15H20ClN3OS. The first-order valence-corrected chi connectivity index (χ1v) is 7.97. The van der Waals surface area contributed by atoms with Gasteiger partial charge in [0.05, 0.1) is 18.1 Å². The van der Waals surface area contributed by atoms with E-state index in [-0.39, 0.29) is 0 Å². The van der Waals surface area contributed by atoms with Gasteiger partial charge in [0, 0.05) is 6.42 Å². The van der Waals surface area contributed by atoms with Crippen molar-refractivity contribution in [2.45, 2.75) is 36.7 Å². The highest BCUT2D eigenvalue weighted by atomic mass is 35.5. The van der Waals surface area contributed by atoms with Crippen molar-refractivity contribution in [2.24, 2.45) is 0 Å². The monoisotopic (exact) mass is 325 g/mol. The lowest BCUT2D eigenvalue weighted by atomic mass is 9.87. The summed E-state index contributed by atoms with van der Waals surface area (Å²) in [6, 6.07) is 8.12. The molecule has 1 aromatic carbocycles. The van der Waals surface area contributed by atoms with Crippen LogP contribution in [0.5, 0.6) is 0 Å². The van der Waals surface area contributed by atoms with Crippen LogP contribution in [-0.2, 0) is 6.42 Å². The van der Waals surface area contributed by atoms with E-state index in [9.17, 15) is 5.11 Å². The van der Waals surface area contributed by atoms with Crippen LogP contribution in [0.25, 0.3) is 0 Å². The highest BCUT2D eigenvalue weighted by molar-refractivity contribution is 7.80. The minimum Gasteiger partial charge on any atom is -0.386 e. The second kappa shape index (κ2) is 5.39. The number of nitrogens with zero attached hydrogens (tertiary/aromatic N) is 1. The van der Waals surface area contributed by atoms with Crippen LogP contribution in [-0.4, -0.2) is 38.9 Å². The summed E-state index contributed by atoms with van der Waals surface area (Å²) in [7, 11) is 0. The summed E-state index contributed by atoms with van der Waals surface area (Å²) in [6.07, 6.45) is 2.21. The van der Waals surface area contributed by atoms with Crippen molar-refractivity contribution in [1.29, 1.82) is 0 Å². The van der Waals surface area contributed by atoms with Crippen molar-refractivity contribution in [3.8, 4) is 0 Å². The highest BCUT2D eigenvalue weighted by Crippen LogP contribution is 2.52. The fourth-order valence-corrected chi connectivity index (χ4v) is 3.24. The van der Waals surface area contributed by atoms with E-state index in [1.165, 1.54) is 5.56 Å². The van der Waals surface area contributed by atoms with Gasteiger partial charge in [0.25, 0.3) is 0 Å². The SMILES string of the molecule is Cc1ccccc1CC(O)(CN1NCNC1=S)C1(Cl)CC1. The third-order valence-electron chi connectivity index (χ3n) is 4.44. The van der Waals surface area contributed by atoms with Gasteiger partial charge in [-0.1, -0.05) is 24.3 Å². The van der Waals surface area contributed by atoms with Gasteiger partial charge >= 0.3 is 0 Å². The van der Waals surface area contributed by atoms with Crippen molar-refractivity contribution in [3.05, 3.63) is 35.4 Å². The molecule has 0 aromatic heterocycles. The Morgan fingerprint density at radius 2 is 2.14 bits per heavy atom. The van der Waals surface area contributed by atoms with Crippen molar-refractivity contribution >= 4 is 28.9 Å². The molecule has 114 valence electrons. The number of hydrogen-bond acceptors (Lipinski definition) is 3. The van der Waals surface area contributed by atoms with Crippen molar-refractivity contribution in [1.82, 2.24) is 15.8 Å². The molecule has 0 spiro atoms. The summed E-state index contributed by atoms with van der Waals surface area (Å²) in [5.41, 5.74) is 4.42. The molecule has 4 nitrogen and oxygen atoms in total. The third kappa shape index (κ3) is 2.88. The molecule has 2 fully saturated rings. The van der Waals surface area contributed by atoms with Gasteiger partial charge < -0.3 is 10.4 Å². The number of β-amino-alcohol motifs (C(OH)–C–C–N with tert-alkyl or cyclic N) is 1. The number of benzene rings is 1. The normalized spacial score (nSPS) is 22.8. The standard InChI is InChI=1S/C15H20ClN3OS/c1-11-4-2-3-5-12(11)8-15(20,14(16)6-7-14)9-19-13(21)17-10-18-19/h2-5,18,20H,6-10H2,1H3,(H,17,21). The Labute approximate surface area is 135 Å². The zero-order chi connectivity index (χ0) is 15.1. The first-order valence-electron chi connectivity index (χ1n) is 7.18. The number of halogens is 1. The number of thiocarbonyl (C=S) groups is 1. The van der Waals surface area contributed by atoms with Crippen LogP contribution in [0.2, 0.25) is 0 Å². The maximum Gasteiger partial charge on any atom is 0.184 e. The fraction of sp³-hybridized carbons (Fsp3) is 0.533. The average molecular weight is 326 g/mol. The Balaban J connectivity index is 1.84. The predicted octanol–water partition coefficient (Wildman–Crippen LogP) is 1.69. The van der Waals surface area contributed by atoms with Gasteiger partial charge in [-0.3, -0.25) is 5.01 Å². The van der Waals surface area contributed by atoms with Crippen molar-refractivity contribution in [2.75, 3.05) is 13.2 Å². The molecule has 1 aliphatic heterocycles. The molecule has 1 aromatic rings. The van der Waals surface area contributed by atoms with Crippen LogP contribution in [0.1, 0.15) is 24.0 Å². The number of hydrazine groups is 1. The Morgan fingerprint density at radius 3 is 2.71 bits per heavy atom. The number of nitrogens with one attached hydrogen (secondary N) is 2. The van der Waals surface area contributed by atoms with Crippen LogP contribution >= 0.6 is 23.8 Å². The van der Waals surface area contributed by atoms with E-state index in [4.69, 9.17) is 23.8 Å². The topological polar surface area (TPSA) is 47.5 Å². The molecule has 6 heteroatoms. The molecule has 3 N–H and O–H groups in total. The Bertz CT molecular complexity index is 564. The number of aryl methyl sites for hydroxylation is 1. The maximum atomic E-state index is 11.3. The molecule has 21 heavy (non-hydrogen) atoms. The first kappa shape index (κ1) is 15.0. The van der Waals surface area contributed by atoms with Crippen molar-refractivity contribution in [3.63, 3.8) is 0 Å². The molecule has 1 unspecified atom stereocenters. The molecule has 0 bridgehead atoms. The summed E-state index contributed by atoms with van der Waals surface area (Å²) in [5, 5.41) is 16.7. The second-order valence-corrected chi connectivity index (χ2v) is 7.11. The largest absolute Gasteiger partial charge is 0.386 e. The Kier molecular flexibility index (Phi) is 3.86. The van der Waals surface area contributed by atoms with Gasteiger partial charge in [-0.15, -0.1) is 11.6 Å². The number of aliphatic hydroxyl groups is 1. The quantitative estimate of drug-likeness (QED) is 0.568. The van der Waals surface area contributed by atoms with E-state index >= 15 is 0 Å². The van der Waals surface area contributed by atoms with E-state index in [0.29, 0.717) is 24.7 Å². The zero-order valence-electron chi connectivity index (χ0n) is 12.0. The van der Waals surface area contributed by atoms with Crippen LogP contribution in [0.15, 0.2) is 24.3 Å². The van der Waals surface area contributed by atoms with Gasteiger partial charge in [0.2, 0.25) is 0 Å². The van der Waals surface area contributed by atoms with Crippen LogP contribution in [0, 0.1) is 6.92 Å². The molecule has 0 radical (unpaired) electrons. The van der Waals surface area contributed by atoms with Crippen LogP contribution < -0.4 is 10.7 Å². The van der Waals surface area contributed by atoms with E-state index in [2.05, 4.69) is 29.8 Å². The van der Waals surface area contributed by atoms with Crippen LogP contribution in [0.3, 0.4) is 0 Å². The Hall–Kier alpha value is -0.880. The lowest BCUT2D eigenvalue weighted by molar-refractivity contribution is 0.00267.